The van der Waals surface area contributed by atoms with Crippen molar-refractivity contribution in [3.63, 3.8) is 0 Å². The van der Waals surface area contributed by atoms with Gasteiger partial charge in [0.2, 0.25) is 5.95 Å². The Bertz CT molecular complexity index is 1190. The zero-order chi connectivity index (χ0) is 24.1. The minimum Gasteiger partial charge on any atom is -0.462 e. The highest BCUT2D eigenvalue weighted by Crippen LogP contribution is 2.37. The Kier molecular flexibility index (Phi) is 8.41. The number of carbonyl (C=O) groups excluding carboxylic acids is 1. The van der Waals surface area contributed by atoms with Crippen LogP contribution < -0.4 is 10.6 Å². The van der Waals surface area contributed by atoms with E-state index < -0.39 is 0 Å². The lowest BCUT2D eigenvalue weighted by molar-refractivity contribution is 0.0526. The maximum Gasteiger partial charge on any atom is 0.341 e. The fraction of sp³-hybridized carbons (Fsp3) is 0.391. The number of hydrogen-bond donors (Lipinski definition) is 2. The molecule has 0 unspecified atom stereocenters. The molecule has 4 rings (SSSR count). The van der Waals surface area contributed by atoms with Crippen LogP contribution in [0, 0.1) is 0 Å². The molecule has 0 amide bonds. The van der Waals surface area contributed by atoms with Crippen LogP contribution in [0.1, 0.15) is 59.0 Å². The molecule has 11 heteroatoms. The number of aryl methyl sites for hydroxylation is 1. The Morgan fingerprint density at radius 1 is 1.21 bits per heavy atom. The van der Waals surface area contributed by atoms with Crippen LogP contribution in [0.5, 0.6) is 0 Å². The maximum atomic E-state index is 12.8. The molecule has 0 spiro atoms. The Balaban J connectivity index is 1.47. The molecular formula is C23H25Cl2N5O2S2. The standard InChI is InChI=1S/C23H25Cl2N5O2S2/c1-2-32-21(31)19-16-7-5-3-4-6-8-18(16)34-20(19)27-23(33)28-22-26-13-30(29-22)12-14-9-10-15(24)11-17(14)25/h9-11,13H,2-8,12H2,1H3,(H2,27,28,29,33). The second kappa shape index (κ2) is 11.5. The highest BCUT2D eigenvalue weighted by molar-refractivity contribution is 7.80. The molecule has 3 aromatic rings. The van der Waals surface area contributed by atoms with Crippen LogP contribution in [-0.2, 0) is 24.1 Å². The Morgan fingerprint density at radius 3 is 2.76 bits per heavy atom. The lowest BCUT2D eigenvalue weighted by Gasteiger charge is -2.12. The monoisotopic (exact) mass is 537 g/mol. The predicted octanol–water partition coefficient (Wildman–Crippen LogP) is 6.34. The number of aromatic nitrogens is 3. The van der Waals surface area contributed by atoms with Crippen LogP contribution in [0.25, 0.3) is 0 Å². The number of nitrogens with zero attached hydrogens (tertiary/aromatic N) is 3. The third kappa shape index (κ3) is 6.07. The summed E-state index contributed by atoms with van der Waals surface area (Å²) in [6, 6.07) is 5.33. The summed E-state index contributed by atoms with van der Waals surface area (Å²) in [6.45, 7) is 2.58. The highest BCUT2D eigenvalue weighted by Gasteiger charge is 2.26. The molecule has 1 aliphatic rings. The number of esters is 1. The first-order chi connectivity index (χ1) is 16.4. The number of fused-ring (bicyclic) bond motifs is 1. The number of halogens is 2. The lowest BCUT2D eigenvalue weighted by Crippen LogP contribution is -2.21. The van der Waals surface area contributed by atoms with Gasteiger partial charge in [-0.05, 0) is 68.1 Å². The quantitative estimate of drug-likeness (QED) is 0.280. The number of thiophene rings is 1. The van der Waals surface area contributed by atoms with Crippen molar-refractivity contribution in [1.82, 2.24) is 14.8 Å². The molecule has 0 saturated heterocycles. The van der Waals surface area contributed by atoms with Gasteiger partial charge in [0.05, 0.1) is 18.7 Å². The van der Waals surface area contributed by atoms with Crippen LogP contribution in [0.2, 0.25) is 10.0 Å². The number of rotatable bonds is 6. The first-order valence-corrected chi connectivity index (χ1v) is 13.2. The summed E-state index contributed by atoms with van der Waals surface area (Å²) in [5.41, 5.74) is 2.57. The van der Waals surface area contributed by atoms with Crippen molar-refractivity contribution in [2.45, 2.75) is 52.0 Å². The molecule has 0 atom stereocenters. The van der Waals surface area contributed by atoms with Gasteiger partial charge in [-0.1, -0.05) is 42.1 Å². The van der Waals surface area contributed by atoms with E-state index in [-0.39, 0.29) is 5.97 Å². The molecule has 0 radical (unpaired) electrons. The van der Waals surface area contributed by atoms with Crippen molar-refractivity contribution >= 4 is 68.8 Å². The van der Waals surface area contributed by atoms with Gasteiger partial charge in [-0.25, -0.2) is 14.5 Å². The Morgan fingerprint density at radius 2 is 2.00 bits per heavy atom. The molecule has 1 aromatic carbocycles. The van der Waals surface area contributed by atoms with Gasteiger partial charge in [0.25, 0.3) is 0 Å². The SMILES string of the molecule is CCOC(=O)c1c(NC(=S)Nc2ncn(Cc3ccc(Cl)cc3Cl)n2)sc2c1CCCCCC2. The van der Waals surface area contributed by atoms with Gasteiger partial charge in [-0.15, -0.1) is 16.4 Å². The van der Waals surface area contributed by atoms with Gasteiger partial charge >= 0.3 is 5.97 Å². The van der Waals surface area contributed by atoms with Gasteiger partial charge in [0.1, 0.15) is 11.3 Å². The molecule has 0 saturated carbocycles. The first-order valence-electron chi connectivity index (χ1n) is 11.2. The normalized spacial score (nSPS) is 13.5. The van der Waals surface area contributed by atoms with Crippen LogP contribution >= 0.6 is 46.8 Å². The summed E-state index contributed by atoms with van der Waals surface area (Å²) in [6.07, 6.45) is 8.01. The van der Waals surface area contributed by atoms with Gasteiger partial charge in [-0.2, -0.15) is 0 Å². The molecule has 0 bridgehead atoms. The van der Waals surface area contributed by atoms with Crippen LogP contribution in [0.3, 0.4) is 0 Å². The summed E-state index contributed by atoms with van der Waals surface area (Å²) in [5.74, 6) is 0.0308. The number of ether oxygens (including phenoxy) is 1. The van der Waals surface area contributed by atoms with Crippen molar-refractivity contribution in [3.05, 3.63) is 56.1 Å². The van der Waals surface area contributed by atoms with Crippen molar-refractivity contribution in [1.29, 1.82) is 0 Å². The molecule has 2 N–H and O–H groups in total. The van der Waals surface area contributed by atoms with Gasteiger partial charge in [0.15, 0.2) is 5.11 Å². The van der Waals surface area contributed by atoms with Crippen LogP contribution in [0.15, 0.2) is 24.5 Å². The highest BCUT2D eigenvalue weighted by atomic mass is 35.5. The van der Waals surface area contributed by atoms with Crippen molar-refractivity contribution in [2.24, 2.45) is 0 Å². The predicted molar refractivity (Wildman–Crippen MR) is 142 cm³/mol. The molecule has 7 nitrogen and oxygen atoms in total. The molecule has 34 heavy (non-hydrogen) atoms. The molecular weight excluding hydrogens is 513 g/mol. The first kappa shape index (κ1) is 24.9. The van der Waals surface area contributed by atoms with Crippen molar-refractivity contribution in [2.75, 3.05) is 17.2 Å². The fourth-order valence-electron chi connectivity index (χ4n) is 3.92. The minimum atomic E-state index is -0.312. The zero-order valence-corrected chi connectivity index (χ0v) is 21.8. The topological polar surface area (TPSA) is 81.1 Å². The zero-order valence-electron chi connectivity index (χ0n) is 18.7. The van der Waals surface area contributed by atoms with E-state index in [2.05, 4.69) is 20.7 Å². The summed E-state index contributed by atoms with van der Waals surface area (Å²) in [5, 5.41) is 12.8. The Labute approximate surface area is 217 Å². The molecule has 0 aliphatic heterocycles. The maximum absolute atomic E-state index is 12.8. The number of nitrogens with one attached hydrogen (secondary N) is 2. The van der Waals surface area contributed by atoms with E-state index in [1.807, 2.05) is 13.0 Å². The number of carbonyl (C=O) groups is 1. The summed E-state index contributed by atoms with van der Waals surface area (Å²) in [4.78, 5) is 18.3. The van der Waals surface area contributed by atoms with E-state index >= 15 is 0 Å². The third-order valence-corrected chi connectivity index (χ3v) is 7.49. The smallest absolute Gasteiger partial charge is 0.341 e. The summed E-state index contributed by atoms with van der Waals surface area (Å²) >= 11 is 19.3. The van der Waals surface area contributed by atoms with Gasteiger partial charge < -0.3 is 10.1 Å². The second-order valence-electron chi connectivity index (χ2n) is 7.92. The minimum absolute atomic E-state index is 0.307. The van der Waals surface area contributed by atoms with Gasteiger partial charge in [-0.3, -0.25) is 5.32 Å². The molecule has 2 aromatic heterocycles. The molecule has 0 fully saturated rings. The van der Waals surface area contributed by atoms with E-state index in [4.69, 9.17) is 40.2 Å². The fourth-order valence-corrected chi connectivity index (χ4v) is 5.92. The number of anilines is 2. The Hall–Kier alpha value is -2.20. The summed E-state index contributed by atoms with van der Waals surface area (Å²) < 4.78 is 7.01. The van der Waals surface area contributed by atoms with Crippen molar-refractivity contribution < 1.29 is 9.53 Å². The molecule has 2 heterocycles. The van der Waals surface area contributed by atoms with E-state index in [9.17, 15) is 4.79 Å². The summed E-state index contributed by atoms with van der Waals surface area (Å²) in [7, 11) is 0. The second-order valence-corrected chi connectivity index (χ2v) is 10.3. The van der Waals surface area contributed by atoms with Gasteiger partial charge in [0, 0.05) is 14.9 Å². The lowest BCUT2D eigenvalue weighted by atomic mass is 9.96. The van der Waals surface area contributed by atoms with E-state index in [1.165, 1.54) is 17.7 Å². The number of benzene rings is 1. The molecule has 1 aliphatic carbocycles. The van der Waals surface area contributed by atoms with Crippen LogP contribution in [-0.4, -0.2) is 32.5 Å². The van der Waals surface area contributed by atoms with E-state index in [0.29, 0.717) is 44.8 Å². The van der Waals surface area contributed by atoms with Crippen LogP contribution in [0.4, 0.5) is 10.9 Å². The molecule has 180 valence electrons. The van der Waals surface area contributed by atoms with E-state index in [1.54, 1.807) is 34.5 Å². The van der Waals surface area contributed by atoms with Crippen molar-refractivity contribution in [3.8, 4) is 0 Å². The average molecular weight is 539 g/mol. The largest absolute Gasteiger partial charge is 0.462 e. The third-order valence-electron chi connectivity index (χ3n) is 5.49. The van der Waals surface area contributed by atoms with E-state index in [0.717, 1.165) is 36.8 Å². The number of hydrogen-bond acceptors (Lipinski definition) is 6. The number of thiocarbonyl (C=S) groups is 1. The average Bonchev–Trinajstić information content (AvgIpc) is 3.34.